The number of carbonyl (C=O) groups is 2. The largest absolute Gasteiger partial charge is 0.508 e. The number of aliphatic hydroxyl groups excluding tert-OH is 1. The van der Waals surface area contributed by atoms with Crippen molar-refractivity contribution in [2.24, 2.45) is 17.8 Å². The van der Waals surface area contributed by atoms with Crippen LogP contribution in [-0.4, -0.2) is 65.1 Å². The number of hydrogen-bond donors (Lipinski definition) is 7. The minimum Gasteiger partial charge on any atom is -0.508 e. The van der Waals surface area contributed by atoms with Crippen LogP contribution in [0.4, 0.5) is 4.79 Å². The van der Waals surface area contributed by atoms with E-state index in [4.69, 9.17) is 0 Å². The lowest BCUT2D eigenvalue weighted by Gasteiger charge is -2.41. The highest BCUT2D eigenvalue weighted by molar-refractivity contribution is 6.04. The maximum absolute atomic E-state index is 11.7. The van der Waals surface area contributed by atoms with E-state index in [0.29, 0.717) is 44.1 Å². The summed E-state index contributed by atoms with van der Waals surface area (Å²) in [5, 5.41) is 42.5. The average molecular weight is 461 g/mol. The predicted octanol–water partition coefficient (Wildman–Crippen LogP) is 0.973. The standard InChI is InChI=1S/C24H36N4O5/c29-18-8-15(9-19(30)11-18)7-17-10-16(6-14-4-5-25-12-14)20(13-26-17)22(31)3-1-2-21-23(32)28-24(33)27-21/h8-9,11,14,16-17,20-22,25-26,29-31H,1-7,10,12-13H2,(H2,27,28,32,33). The molecule has 1 aromatic rings. The second-order valence-electron chi connectivity index (χ2n) is 9.93. The topological polar surface area (TPSA) is 143 Å². The lowest BCUT2D eigenvalue weighted by atomic mass is 9.73. The van der Waals surface area contributed by atoms with Crippen molar-refractivity contribution in [2.45, 2.75) is 63.1 Å². The first-order valence-corrected chi connectivity index (χ1v) is 12.1. The van der Waals surface area contributed by atoms with E-state index in [1.807, 2.05) is 0 Å². The van der Waals surface area contributed by atoms with Gasteiger partial charge in [-0.25, -0.2) is 4.79 Å². The molecule has 182 valence electrons. The molecule has 0 bridgehead atoms. The van der Waals surface area contributed by atoms with Crippen LogP contribution in [0.2, 0.25) is 0 Å². The van der Waals surface area contributed by atoms with Gasteiger partial charge >= 0.3 is 6.03 Å². The summed E-state index contributed by atoms with van der Waals surface area (Å²) in [5.74, 6) is 0.958. The second-order valence-corrected chi connectivity index (χ2v) is 9.93. The minimum absolute atomic E-state index is 0.0647. The van der Waals surface area contributed by atoms with E-state index >= 15 is 0 Å². The van der Waals surface area contributed by atoms with Crippen molar-refractivity contribution in [3.05, 3.63) is 23.8 Å². The lowest BCUT2D eigenvalue weighted by Crippen LogP contribution is -2.49. The fourth-order valence-corrected chi connectivity index (χ4v) is 5.78. The number of rotatable bonds is 9. The van der Waals surface area contributed by atoms with Crippen molar-refractivity contribution in [1.29, 1.82) is 0 Å². The van der Waals surface area contributed by atoms with Crippen LogP contribution in [0.1, 0.15) is 44.1 Å². The molecule has 3 heterocycles. The number of carbonyl (C=O) groups excluding carboxylic acids is 2. The number of urea groups is 1. The Balaban J connectivity index is 1.34. The highest BCUT2D eigenvalue weighted by Gasteiger charge is 2.37. The van der Waals surface area contributed by atoms with E-state index in [1.54, 1.807) is 12.1 Å². The second kappa shape index (κ2) is 10.7. The summed E-state index contributed by atoms with van der Waals surface area (Å²) in [5.41, 5.74) is 0.891. The summed E-state index contributed by atoms with van der Waals surface area (Å²) in [6.07, 6.45) is 5.18. The van der Waals surface area contributed by atoms with Gasteiger partial charge in [-0.05, 0) is 87.6 Å². The Kier molecular flexibility index (Phi) is 7.72. The average Bonchev–Trinajstić information content (AvgIpc) is 3.36. The Hall–Kier alpha value is -2.36. The summed E-state index contributed by atoms with van der Waals surface area (Å²) in [4.78, 5) is 23.0. The number of benzene rings is 1. The fraction of sp³-hybridized carbons (Fsp3) is 0.667. The summed E-state index contributed by atoms with van der Waals surface area (Å²) in [6.45, 7) is 2.78. The van der Waals surface area contributed by atoms with Gasteiger partial charge in [-0.15, -0.1) is 0 Å². The number of aliphatic hydroxyl groups is 1. The van der Waals surface area contributed by atoms with Crippen LogP contribution in [-0.2, 0) is 11.2 Å². The third kappa shape index (κ3) is 6.37. The molecule has 0 aromatic heterocycles. The Morgan fingerprint density at radius 1 is 1.09 bits per heavy atom. The molecule has 0 radical (unpaired) electrons. The molecule has 3 fully saturated rings. The number of nitrogens with one attached hydrogen (secondary N) is 4. The zero-order valence-corrected chi connectivity index (χ0v) is 18.9. The quantitative estimate of drug-likeness (QED) is 0.272. The molecule has 33 heavy (non-hydrogen) atoms. The fourth-order valence-electron chi connectivity index (χ4n) is 5.78. The predicted molar refractivity (Wildman–Crippen MR) is 123 cm³/mol. The first-order chi connectivity index (χ1) is 15.9. The number of piperidine rings is 1. The molecule has 4 rings (SSSR count). The molecule has 7 N–H and O–H groups in total. The van der Waals surface area contributed by atoms with E-state index in [2.05, 4.69) is 21.3 Å². The summed E-state index contributed by atoms with van der Waals surface area (Å²) in [7, 11) is 0. The molecule has 9 heteroatoms. The van der Waals surface area contributed by atoms with Gasteiger partial charge in [0.1, 0.15) is 17.5 Å². The summed E-state index contributed by atoms with van der Waals surface area (Å²) >= 11 is 0. The lowest BCUT2D eigenvalue weighted by molar-refractivity contribution is -0.120. The van der Waals surface area contributed by atoms with Crippen LogP contribution in [0.25, 0.3) is 0 Å². The van der Waals surface area contributed by atoms with Crippen LogP contribution >= 0.6 is 0 Å². The smallest absolute Gasteiger partial charge is 0.322 e. The molecular formula is C24H36N4O5. The minimum atomic E-state index is -0.502. The number of phenols is 2. The number of imide groups is 1. The Labute approximate surface area is 194 Å². The molecule has 3 aliphatic rings. The molecule has 3 saturated heterocycles. The van der Waals surface area contributed by atoms with Crippen molar-refractivity contribution in [3.8, 4) is 11.5 Å². The molecule has 3 amide bonds. The first kappa shape index (κ1) is 23.8. The van der Waals surface area contributed by atoms with Gasteiger partial charge in [0.05, 0.1) is 6.10 Å². The van der Waals surface area contributed by atoms with E-state index in [-0.39, 0.29) is 29.4 Å². The van der Waals surface area contributed by atoms with E-state index in [0.717, 1.165) is 37.9 Å². The molecular weight excluding hydrogens is 424 g/mol. The van der Waals surface area contributed by atoms with Gasteiger partial charge in [-0.2, -0.15) is 0 Å². The Morgan fingerprint density at radius 2 is 1.88 bits per heavy atom. The third-order valence-electron chi connectivity index (χ3n) is 7.42. The maximum atomic E-state index is 11.7. The van der Waals surface area contributed by atoms with Crippen molar-refractivity contribution < 1.29 is 24.9 Å². The molecule has 0 spiro atoms. The van der Waals surface area contributed by atoms with Crippen LogP contribution in [0.15, 0.2) is 18.2 Å². The SMILES string of the molecule is O=C1NC(=O)C(CCCC(O)C2CNC(Cc3cc(O)cc(O)c3)CC2CC2CCNC2)N1. The van der Waals surface area contributed by atoms with Gasteiger partial charge < -0.3 is 31.3 Å². The van der Waals surface area contributed by atoms with E-state index < -0.39 is 18.2 Å². The van der Waals surface area contributed by atoms with E-state index in [1.165, 1.54) is 6.07 Å². The van der Waals surface area contributed by atoms with Crippen LogP contribution in [0.3, 0.4) is 0 Å². The number of hydrogen-bond acceptors (Lipinski definition) is 7. The molecule has 9 nitrogen and oxygen atoms in total. The van der Waals surface area contributed by atoms with Crippen molar-refractivity contribution in [1.82, 2.24) is 21.3 Å². The van der Waals surface area contributed by atoms with Gasteiger partial charge in [0.15, 0.2) is 0 Å². The van der Waals surface area contributed by atoms with Crippen LogP contribution < -0.4 is 21.3 Å². The van der Waals surface area contributed by atoms with E-state index in [9.17, 15) is 24.9 Å². The monoisotopic (exact) mass is 460 g/mol. The van der Waals surface area contributed by atoms with Crippen LogP contribution in [0, 0.1) is 17.8 Å². The number of phenolic OH excluding ortho intramolecular Hbond substituents is 2. The summed E-state index contributed by atoms with van der Waals surface area (Å²) in [6, 6.07) is 3.98. The molecule has 6 atom stereocenters. The Bertz CT molecular complexity index is 824. The van der Waals surface area contributed by atoms with Gasteiger partial charge in [-0.3, -0.25) is 10.1 Å². The van der Waals surface area contributed by atoms with Crippen molar-refractivity contribution >= 4 is 11.9 Å². The molecule has 0 aliphatic carbocycles. The van der Waals surface area contributed by atoms with Gasteiger partial charge in [-0.1, -0.05) is 0 Å². The number of amides is 3. The Morgan fingerprint density at radius 3 is 2.55 bits per heavy atom. The zero-order chi connectivity index (χ0) is 23.4. The highest BCUT2D eigenvalue weighted by atomic mass is 16.3. The molecule has 6 unspecified atom stereocenters. The van der Waals surface area contributed by atoms with Gasteiger partial charge in [0.25, 0.3) is 5.91 Å². The molecule has 3 aliphatic heterocycles. The maximum Gasteiger partial charge on any atom is 0.322 e. The zero-order valence-electron chi connectivity index (χ0n) is 18.9. The third-order valence-corrected chi connectivity index (χ3v) is 7.42. The first-order valence-electron chi connectivity index (χ1n) is 12.1. The van der Waals surface area contributed by atoms with Crippen molar-refractivity contribution in [2.75, 3.05) is 19.6 Å². The van der Waals surface area contributed by atoms with Gasteiger partial charge in [0, 0.05) is 24.6 Å². The van der Waals surface area contributed by atoms with Crippen molar-refractivity contribution in [3.63, 3.8) is 0 Å². The normalized spacial score (nSPS) is 30.8. The summed E-state index contributed by atoms with van der Waals surface area (Å²) < 4.78 is 0. The highest BCUT2D eigenvalue weighted by Crippen LogP contribution is 2.35. The van der Waals surface area contributed by atoms with Crippen LogP contribution in [0.5, 0.6) is 11.5 Å². The molecule has 1 aromatic carbocycles. The number of aromatic hydroxyl groups is 2. The molecule has 0 saturated carbocycles. The van der Waals surface area contributed by atoms with Gasteiger partial charge in [0.2, 0.25) is 0 Å².